The Morgan fingerprint density at radius 1 is 1.50 bits per heavy atom. The van der Waals surface area contributed by atoms with Crippen molar-refractivity contribution in [1.82, 2.24) is 0 Å². The Bertz CT molecular complexity index is 18.3. The van der Waals surface area contributed by atoms with E-state index in [1.165, 1.54) is 0 Å². The van der Waals surface area contributed by atoms with Gasteiger partial charge in [-0.2, -0.15) is 0 Å². The quantitative estimate of drug-likeness (QED) is 0.474. The molecule has 0 amide bonds. The summed E-state index contributed by atoms with van der Waals surface area (Å²) < 4.78 is 10.8. The van der Waals surface area contributed by atoms with Crippen molar-refractivity contribution in [2.24, 2.45) is 0 Å². The van der Waals surface area contributed by atoms with Crippen LogP contribution in [0.3, 0.4) is 0 Å². The van der Waals surface area contributed by atoms with Crippen molar-refractivity contribution in [3.05, 3.63) is 0 Å². The molecule has 0 aromatic rings. The van der Waals surface area contributed by atoms with Gasteiger partial charge in [-0.05, 0) is 6.42 Å². The van der Waals surface area contributed by atoms with Crippen molar-refractivity contribution < 1.29 is 9.50 Å². The maximum absolute atomic E-state index is 10.8. The van der Waals surface area contributed by atoms with Crippen LogP contribution in [0.2, 0.25) is 0 Å². The summed E-state index contributed by atoms with van der Waals surface area (Å²) in [5.41, 5.74) is 0. The van der Waals surface area contributed by atoms with Crippen LogP contribution >= 0.6 is 0 Å². The van der Waals surface area contributed by atoms with E-state index in [4.69, 9.17) is 5.11 Å². The van der Waals surface area contributed by atoms with E-state index in [2.05, 4.69) is 0 Å². The van der Waals surface area contributed by atoms with Crippen molar-refractivity contribution >= 4 is 29.6 Å². The summed E-state index contributed by atoms with van der Waals surface area (Å²) >= 11 is 0. The van der Waals surface area contributed by atoms with E-state index in [1.54, 1.807) is 0 Å². The average Bonchev–Trinajstić information content (AvgIpc) is 1.41. The van der Waals surface area contributed by atoms with Gasteiger partial charge in [0.1, 0.15) is 0 Å². The standard InChI is InChI=1S/C3H7FO.Na.H/c4-2-1-3-5;;/h5H,1-3H2;;. The van der Waals surface area contributed by atoms with E-state index in [0.717, 1.165) is 0 Å². The molecular formula is C3H8FNaO. The van der Waals surface area contributed by atoms with Crippen LogP contribution in [0, 0.1) is 0 Å². The first kappa shape index (κ1) is 10.00. The molecule has 0 fully saturated rings. The Morgan fingerprint density at radius 2 is 2.00 bits per heavy atom. The molecular weight excluding hydrogens is 94.0 g/mol. The molecule has 0 rings (SSSR count). The Morgan fingerprint density at radius 3 is 2.00 bits per heavy atom. The minimum atomic E-state index is -0.406. The molecule has 0 saturated heterocycles. The molecule has 0 aliphatic rings. The van der Waals surface area contributed by atoms with Gasteiger partial charge in [-0.15, -0.1) is 0 Å². The zero-order valence-corrected chi connectivity index (χ0v) is 2.95. The van der Waals surface area contributed by atoms with Gasteiger partial charge >= 0.3 is 29.6 Å². The third kappa shape index (κ3) is 8.86. The summed E-state index contributed by atoms with van der Waals surface area (Å²) in [5, 5.41) is 7.83. The average molecular weight is 102 g/mol. The van der Waals surface area contributed by atoms with Crippen LogP contribution in [-0.4, -0.2) is 47.9 Å². The normalized spacial score (nSPS) is 7.00. The SMILES string of the molecule is OCCCF.[NaH]. The Hall–Kier alpha value is 0.890. The van der Waals surface area contributed by atoms with Gasteiger partial charge in [0.15, 0.2) is 0 Å². The Balaban J connectivity index is 0. The number of hydrogen-bond acceptors (Lipinski definition) is 1. The fraction of sp³-hybridized carbons (Fsp3) is 1.00. The summed E-state index contributed by atoms with van der Waals surface area (Å²) in [4.78, 5) is 0. The zero-order chi connectivity index (χ0) is 4.12. The van der Waals surface area contributed by atoms with Crippen LogP contribution in [0.5, 0.6) is 0 Å². The molecule has 0 aromatic carbocycles. The van der Waals surface area contributed by atoms with E-state index in [0.29, 0.717) is 0 Å². The van der Waals surface area contributed by atoms with Crippen LogP contribution in [-0.2, 0) is 0 Å². The van der Waals surface area contributed by atoms with Crippen LogP contribution in [0.4, 0.5) is 4.39 Å². The molecule has 0 atom stereocenters. The molecule has 0 aromatic heterocycles. The van der Waals surface area contributed by atoms with Gasteiger partial charge in [-0.1, -0.05) is 0 Å². The number of halogens is 1. The minimum absolute atomic E-state index is 0. The van der Waals surface area contributed by atoms with E-state index in [1.807, 2.05) is 0 Å². The fourth-order valence-corrected chi connectivity index (χ4v) is 0.0598. The summed E-state index contributed by atoms with van der Waals surface area (Å²) in [5.74, 6) is 0. The molecule has 1 nitrogen and oxygen atoms in total. The van der Waals surface area contributed by atoms with Crippen molar-refractivity contribution in [2.75, 3.05) is 13.3 Å². The summed E-state index contributed by atoms with van der Waals surface area (Å²) in [6.45, 7) is -0.438. The molecule has 0 radical (unpaired) electrons. The summed E-state index contributed by atoms with van der Waals surface area (Å²) in [7, 11) is 0. The van der Waals surface area contributed by atoms with E-state index < -0.39 is 6.67 Å². The molecule has 0 heterocycles. The number of aliphatic hydroxyl groups is 1. The van der Waals surface area contributed by atoms with Gasteiger partial charge in [-0.3, -0.25) is 4.39 Å². The molecule has 0 aliphatic heterocycles. The number of hydrogen-bond donors (Lipinski definition) is 1. The predicted molar refractivity (Wildman–Crippen MR) is 24.8 cm³/mol. The first-order valence-corrected chi connectivity index (χ1v) is 1.58. The van der Waals surface area contributed by atoms with Gasteiger partial charge in [0.25, 0.3) is 0 Å². The second-order valence-electron chi connectivity index (χ2n) is 0.766. The molecule has 6 heavy (non-hydrogen) atoms. The fourth-order valence-electron chi connectivity index (χ4n) is 0.0598. The molecule has 0 bridgehead atoms. The van der Waals surface area contributed by atoms with Crippen LogP contribution < -0.4 is 0 Å². The van der Waals surface area contributed by atoms with Gasteiger partial charge in [0, 0.05) is 6.61 Å². The van der Waals surface area contributed by atoms with Gasteiger partial charge in [0.2, 0.25) is 0 Å². The van der Waals surface area contributed by atoms with Crippen LogP contribution in [0.15, 0.2) is 0 Å². The van der Waals surface area contributed by atoms with E-state index >= 15 is 0 Å². The maximum atomic E-state index is 10.8. The van der Waals surface area contributed by atoms with Crippen molar-refractivity contribution in [3.8, 4) is 0 Å². The Labute approximate surface area is 58.8 Å². The number of alkyl halides is 1. The van der Waals surface area contributed by atoms with Crippen LogP contribution in [0.25, 0.3) is 0 Å². The van der Waals surface area contributed by atoms with Gasteiger partial charge in [-0.25, -0.2) is 0 Å². The molecule has 3 heteroatoms. The van der Waals surface area contributed by atoms with Gasteiger partial charge in [0.05, 0.1) is 6.67 Å². The Kier molecular flexibility index (Phi) is 15.5. The topological polar surface area (TPSA) is 20.2 Å². The van der Waals surface area contributed by atoms with E-state index in [-0.39, 0.29) is 42.6 Å². The molecule has 34 valence electrons. The van der Waals surface area contributed by atoms with E-state index in [9.17, 15) is 4.39 Å². The molecule has 0 aliphatic carbocycles. The van der Waals surface area contributed by atoms with Crippen LogP contribution in [0.1, 0.15) is 6.42 Å². The zero-order valence-electron chi connectivity index (χ0n) is 2.95. The monoisotopic (exact) mass is 102 g/mol. The predicted octanol–water partition coefficient (Wildman–Crippen LogP) is -0.310. The number of aliphatic hydroxyl groups excluding tert-OH is 1. The van der Waals surface area contributed by atoms with Crippen molar-refractivity contribution in [1.29, 1.82) is 0 Å². The first-order valence-electron chi connectivity index (χ1n) is 1.58. The van der Waals surface area contributed by atoms with Crippen molar-refractivity contribution in [3.63, 3.8) is 0 Å². The summed E-state index contributed by atoms with van der Waals surface area (Å²) in [6, 6.07) is 0. The second kappa shape index (κ2) is 9.31. The molecule has 0 saturated carbocycles. The third-order valence-electron chi connectivity index (χ3n) is 0.292. The molecule has 0 spiro atoms. The summed E-state index contributed by atoms with van der Waals surface area (Å²) in [6.07, 6.45) is 0.278. The third-order valence-corrected chi connectivity index (χ3v) is 0.292. The first-order chi connectivity index (χ1) is 2.41. The second-order valence-corrected chi connectivity index (χ2v) is 0.766. The van der Waals surface area contributed by atoms with Crippen molar-refractivity contribution in [2.45, 2.75) is 6.42 Å². The molecule has 0 unspecified atom stereocenters. The molecule has 1 N–H and O–H groups in total. The van der Waals surface area contributed by atoms with Gasteiger partial charge < -0.3 is 5.11 Å². The number of rotatable bonds is 2.